The number of hydrogen-bond donors (Lipinski definition) is 1. The van der Waals surface area contributed by atoms with Crippen molar-refractivity contribution in [2.24, 2.45) is 4.99 Å². The number of fused-ring (bicyclic) bond motifs is 1. The molecule has 0 aliphatic carbocycles. The molecule has 0 saturated heterocycles. The highest BCUT2D eigenvalue weighted by atomic mass is 32.1. The minimum atomic E-state index is 0.617. The molecule has 2 heterocycles. The number of hydrogen-bond acceptors (Lipinski definition) is 8. The number of methoxy groups -OCH3 is 3. The van der Waals surface area contributed by atoms with Gasteiger partial charge >= 0.3 is 0 Å². The number of benzene rings is 2. The summed E-state index contributed by atoms with van der Waals surface area (Å²) in [5, 5.41) is 4.08. The summed E-state index contributed by atoms with van der Waals surface area (Å²) in [7, 11) is 4.88. The lowest BCUT2D eigenvalue weighted by atomic mass is 10.2. The summed E-state index contributed by atoms with van der Waals surface area (Å²) in [6.07, 6.45) is 3.45. The molecule has 0 amide bonds. The molecule has 1 N–H and O–H groups in total. The van der Waals surface area contributed by atoms with Crippen LogP contribution in [-0.2, 0) is 0 Å². The van der Waals surface area contributed by atoms with Gasteiger partial charge in [-0.15, -0.1) is 11.3 Å². The van der Waals surface area contributed by atoms with Gasteiger partial charge in [-0.05, 0) is 30.3 Å². The first-order chi connectivity index (χ1) is 14.7. The standard InChI is InChI=1S/C22H20N4O3S/c1-27-15-6-7-18-20(12-15)30-21(26-18)13-24-19-5-4-8-23-22(19)25-14-9-16(28-2)11-17(10-14)29-3/h4-13H,1-3H3,(H,23,25). The third kappa shape index (κ3) is 4.33. The monoisotopic (exact) mass is 420 g/mol. The zero-order valence-electron chi connectivity index (χ0n) is 16.7. The molecule has 8 heteroatoms. The highest BCUT2D eigenvalue weighted by Gasteiger charge is 2.07. The van der Waals surface area contributed by atoms with Crippen molar-refractivity contribution in [3.8, 4) is 17.2 Å². The number of thiazole rings is 1. The van der Waals surface area contributed by atoms with Crippen molar-refractivity contribution in [1.29, 1.82) is 0 Å². The molecule has 2 aromatic carbocycles. The van der Waals surface area contributed by atoms with E-state index in [1.54, 1.807) is 45.1 Å². The molecule has 4 rings (SSSR count). The maximum Gasteiger partial charge on any atom is 0.156 e. The van der Waals surface area contributed by atoms with Crippen molar-refractivity contribution in [2.75, 3.05) is 26.6 Å². The van der Waals surface area contributed by atoms with Crippen molar-refractivity contribution in [3.63, 3.8) is 0 Å². The van der Waals surface area contributed by atoms with E-state index in [4.69, 9.17) is 14.2 Å². The van der Waals surface area contributed by atoms with E-state index in [2.05, 4.69) is 20.3 Å². The topological polar surface area (TPSA) is 77.9 Å². The van der Waals surface area contributed by atoms with Crippen LogP contribution in [0.4, 0.5) is 17.2 Å². The Morgan fingerprint density at radius 2 is 1.70 bits per heavy atom. The van der Waals surface area contributed by atoms with Crippen LogP contribution in [0, 0.1) is 0 Å². The molecule has 0 bridgehead atoms. The number of anilines is 2. The van der Waals surface area contributed by atoms with Crippen LogP contribution >= 0.6 is 11.3 Å². The fourth-order valence-electron chi connectivity index (χ4n) is 2.84. The van der Waals surface area contributed by atoms with Crippen molar-refractivity contribution in [1.82, 2.24) is 9.97 Å². The first-order valence-electron chi connectivity index (χ1n) is 9.12. The van der Waals surface area contributed by atoms with E-state index in [1.807, 2.05) is 48.5 Å². The smallest absolute Gasteiger partial charge is 0.156 e. The maximum absolute atomic E-state index is 5.33. The van der Waals surface area contributed by atoms with Crippen LogP contribution in [0.3, 0.4) is 0 Å². The van der Waals surface area contributed by atoms with Crippen LogP contribution in [0.15, 0.2) is 59.7 Å². The van der Waals surface area contributed by atoms with E-state index in [1.165, 1.54) is 0 Å². The molecular weight excluding hydrogens is 400 g/mol. The van der Waals surface area contributed by atoms with Crippen molar-refractivity contribution >= 4 is 45.0 Å². The van der Waals surface area contributed by atoms with Gasteiger partial charge in [-0.1, -0.05) is 0 Å². The zero-order chi connectivity index (χ0) is 20.9. The van der Waals surface area contributed by atoms with E-state index in [-0.39, 0.29) is 0 Å². The highest BCUT2D eigenvalue weighted by molar-refractivity contribution is 7.20. The second kappa shape index (κ2) is 8.79. The van der Waals surface area contributed by atoms with E-state index < -0.39 is 0 Å². The number of nitrogens with zero attached hydrogens (tertiary/aromatic N) is 3. The Hall–Kier alpha value is -3.65. The Kier molecular flexibility index (Phi) is 5.76. The highest BCUT2D eigenvalue weighted by Crippen LogP contribution is 2.31. The summed E-state index contributed by atoms with van der Waals surface area (Å²) in [6.45, 7) is 0. The largest absolute Gasteiger partial charge is 0.497 e. The summed E-state index contributed by atoms with van der Waals surface area (Å²) < 4.78 is 17.0. The second-order valence-electron chi connectivity index (χ2n) is 6.24. The molecule has 0 unspecified atom stereocenters. The van der Waals surface area contributed by atoms with Gasteiger partial charge in [0.15, 0.2) is 5.82 Å². The fraction of sp³-hybridized carbons (Fsp3) is 0.136. The summed E-state index contributed by atoms with van der Waals surface area (Å²) >= 11 is 1.55. The number of rotatable bonds is 7. The van der Waals surface area contributed by atoms with Crippen LogP contribution in [-0.4, -0.2) is 37.5 Å². The van der Waals surface area contributed by atoms with Crippen molar-refractivity contribution in [3.05, 3.63) is 59.7 Å². The Morgan fingerprint density at radius 1 is 0.933 bits per heavy atom. The lowest BCUT2D eigenvalue weighted by Crippen LogP contribution is -1.96. The Bertz CT molecular complexity index is 1180. The molecule has 4 aromatic rings. The average Bonchev–Trinajstić information content (AvgIpc) is 3.20. The Balaban J connectivity index is 1.61. The molecule has 7 nitrogen and oxygen atoms in total. The first kappa shape index (κ1) is 19.7. The molecular formula is C22H20N4O3S. The van der Waals surface area contributed by atoms with Gasteiger partial charge in [-0.25, -0.2) is 15.0 Å². The minimum Gasteiger partial charge on any atom is -0.497 e. The van der Waals surface area contributed by atoms with Crippen LogP contribution in [0.25, 0.3) is 10.2 Å². The van der Waals surface area contributed by atoms with Gasteiger partial charge in [0, 0.05) is 30.1 Å². The van der Waals surface area contributed by atoms with Crippen LogP contribution in [0.2, 0.25) is 0 Å². The SMILES string of the molecule is COc1cc(Nc2ncccc2N=Cc2nc3ccc(OC)cc3s2)cc(OC)c1. The van der Waals surface area contributed by atoms with Gasteiger partial charge in [-0.2, -0.15) is 0 Å². The predicted octanol–water partition coefficient (Wildman–Crippen LogP) is 5.21. The van der Waals surface area contributed by atoms with E-state index in [0.29, 0.717) is 23.0 Å². The molecule has 0 radical (unpaired) electrons. The first-order valence-corrected chi connectivity index (χ1v) is 9.94. The molecule has 30 heavy (non-hydrogen) atoms. The van der Waals surface area contributed by atoms with E-state index >= 15 is 0 Å². The summed E-state index contributed by atoms with van der Waals surface area (Å²) in [5.41, 5.74) is 2.39. The lowest BCUT2D eigenvalue weighted by molar-refractivity contribution is 0.395. The number of aromatic nitrogens is 2. The molecule has 0 atom stereocenters. The number of aliphatic imine (C=N–C) groups is 1. The number of nitrogens with one attached hydrogen (secondary N) is 1. The predicted molar refractivity (Wildman–Crippen MR) is 120 cm³/mol. The van der Waals surface area contributed by atoms with Gasteiger partial charge in [0.1, 0.15) is 27.9 Å². The van der Waals surface area contributed by atoms with Crippen molar-refractivity contribution < 1.29 is 14.2 Å². The number of pyridine rings is 1. The van der Waals surface area contributed by atoms with Gasteiger partial charge in [0.2, 0.25) is 0 Å². The molecule has 2 aromatic heterocycles. The third-order valence-electron chi connectivity index (χ3n) is 4.33. The van der Waals surface area contributed by atoms with E-state index in [9.17, 15) is 0 Å². The van der Waals surface area contributed by atoms with Gasteiger partial charge in [0.05, 0.1) is 37.8 Å². The summed E-state index contributed by atoms with van der Waals surface area (Å²) in [5.74, 6) is 2.79. The van der Waals surface area contributed by atoms with Gasteiger partial charge < -0.3 is 19.5 Å². The normalized spacial score (nSPS) is 11.0. The van der Waals surface area contributed by atoms with Crippen LogP contribution in [0.1, 0.15) is 5.01 Å². The van der Waals surface area contributed by atoms with Crippen LogP contribution in [0.5, 0.6) is 17.2 Å². The zero-order valence-corrected chi connectivity index (χ0v) is 17.6. The van der Waals surface area contributed by atoms with Crippen molar-refractivity contribution in [2.45, 2.75) is 0 Å². The quantitative estimate of drug-likeness (QED) is 0.414. The second-order valence-corrected chi connectivity index (χ2v) is 7.30. The fourth-order valence-corrected chi connectivity index (χ4v) is 3.71. The molecule has 0 aliphatic rings. The Labute approximate surface area is 178 Å². The Morgan fingerprint density at radius 3 is 2.43 bits per heavy atom. The molecule has 0 aliphatic heterocycles. The van der Waals surface area contributed by atoms with Gasteiger partial charge in [-0.3, -0.25) is 0 Å². The lowest BCUT2D eigenvalue weighted by Gasteiger charge is -2.11. The molecule has 0 saturated carbocycles. The maximum atomic E-state index is 5.33. The molecule has 0 fully saturated rings. The van der Waals surface area contributed by atoms with Crippen LogP contribution < -0.4 is 19.5 Å². The summed E-state index contributed by atoms with van der Waals surface area (Å²) in [6, 6.07) is 15.1. The summed E-state index contributed by atoms with van der Waals surface area (Å²) in [4.78, 5) is 13.6. The number of ether oxygens (including phenoxy) is 3. The molecule has 152 valence electrons. The van der Waals surface area contributed by atoms with E-state index in [0.717, 1.165) is 26.7 Å². The average molecular weight is 420 g/mol. The minimum absolute atomic E-state index is 0.617. The van der Waals surface area contributed by atoms with Gasteiger partial charge in [0.25, 0.3) is 0 Å². The molecule has 0 spiro atoms. The third-order valence-corrected chi connectivity index (χ3v) is 5.28.